The summed E-state index contributed by atoms with van der Waals surface area (Å²) in [5.41, 5.74) is 1.41. The molecule has 1 aromatic heterocycles. The maximum atomic E-state index is 12.6. The predicted octanol–water partition coefficient (Wildman–Crippen LogP) is 1.99. The van der Waals surface area contributed by atoms with Gasteiger partial charge in [0.1, 0.15) is 5.69 Å². The fourth-order valence-electron chi connectivity index (χ4n) is 1.44. The SMILES string of the molecule is NCc1cnc(C(F)F)c(C(F)(F)F)c1CO. The Morgan fingerprint density at radius 2 is 1.94 bits per heavy atom. The van der Waals surface area contributed by atoms with Crippen molar-refractivity contribution in [3.05, 3.63) is 28.6 Å². The van der Waals surface area contributed by atoms with E-state index in [1.165, 1.54) is 0 Å². The Morgan fingerprint density at radius 1 is 1.35 bits per heavy atom. The third-order valence-corrected chi connectivity index (χ3v) is 2.17. The minimum Gasteiger partial charge on any atom is -0.392 e. The molecule has 1 rings (SSSR count). The van der Waals surface area contributed by atoms with Crippen LogP contribution in [0.4, 0.5) is 22.0 Å². The third-order valence-electron chi connectivity index (χ3n) is 2.17. The van der Waals surface area contributed by atoms with Crippen LogP contribution in [0.1, 0.15) is 28.8 Å². The topological polar surface area (TPSA) is 59.1 Å². The normalized spacial score (nSPS) is 12.2. The Kier molecular flexibility index (Phi) is 3.99. The highest BCUT2D eigenvalue weighted by atomic mass is 19.4. The monoisotopic (exact) mass is 256 g/mol. The van der Waals surface area contributed by atoms with Gasteiger partial charge in [-0.15, -0.1) is 0 Å². The number of hydrogen-bond donors (Lipinski definition) is 2. The third kappa shape index (κ3) is 2.70. The van der Waals surface area contributed by atoms with Crippen molar-refractivity contribution in [1.29, 1.82) is 0 Å². The summed E-state index contributed by atoms with van der Waals surface area (Å²) in [6.45, 7) is -1.35. The number of nitrogens with zero attached hydrogens (tertiary/aromatic N) is 1. The number of rotatable bonds is 3. The Bertz CT molecular complexity index is 405. The van der Waals surface area contributed by atoms with Crippen LogP contribution < -0.4 is 5.73 Å². The number of hydrogen-bond acceptors (Lipinski definition) is 3. The van der Waals surface area contributed by atoms with E-state index >= 15 is 0 Å². The van der Waals surface area contributed by atoms with E-state index < -0.39 is 36.0 Å². The zero-order chi connectivity index (χ0) is 13.2. The van der Waals surface area contributed by atoms with Crippen LogP contribution in [0.25, 0.3) is 0 Å². The molecule has 3 nitrogen and oxygen atoms in total. The van der Waals surface area contributed by atoms with Gasteiger partial charge in [0.05, 0.1) is 12.2 Å². The lowest BCUT2D eigenvalue weighted by molar-refractivity contribution is -0.141. The van der Waals surface area contributed by atoms with Crippen molar-refractivity contribution in [2.75, 3.05) is 0 Å². The largest absolute Gasteiger partial charge is 0.418 e. The molecule has 96 valence electrons. The zero-order valence-corrected chi connectivity index (χ0v) is 8.43. The van der Waals surface area contributed by atoms with Crippen molar-refractivity contribution in [3.63, 3.8) is 0 Å². The molecule has 0 saturated carbocycles. The van der Waals surface area contributed by atoms with Gasteiger partial charge in [0.15, 0.2) is 0 Å². The summed E-state index contributed by atoms with van der Waals surface area (Å²) in [4.78, 5) is 3.06. The van der Waals surface area contributed by atoms with Crippen molar-refractivity contribution >= 4 is 0 Å². The maximum Gasteiger partial charge on any atom is 0.418 e. The van der Waals surface area contributed by atoms with Gasteiger partial charge in [-0.05, 0) is 11.1 Å². The number of aliphatic hydroxyl groups is 1. The molecule has 0 atom stereocenters. The van der Waals surface area contributed by atoms with Crippen molar-refractivity contribution in [1.82, 2.24) is 4.98 Å². The van der Waals surface area contributed by atoms with Crippen LogP contribution in [-0.4, -0.2) is 10.1 Å². The second-order valence-electron chi connectivity index (χ2n) is 3.18. The highest BCUT2D eigenvalue weighted by Crippen LogP contribution is 2.38. The van der Waals surface area contributed by atoms with Crippen molar-refractivity contribution in [2.45, 2.75) is 25.8 Å². The fraction of sp³-hybridized carbons (Fsp3) is 0.444. The molecule has 0 aliphatic carbocycles. The molecular weight excluding hydrogens is 247 g/mol. The average molecular weight is 256 g/mol. The maximum absolute atomic E-state index is 12.6. The van der Waals surface area contributed by atoms with Gasteiger partial charge in [-0.1, -0.05) is 0 Å². The van der Waals surface area contributed by atoms with E-state index in [0.29, 0.717) is 0 Å². The van der Waals surface area contributed by atoms with E-state index in [2.05, 4.69) is 4.98 Å². The van der Waals surface area contributed by atoms with Crippen LogP contribution in [0.2, 0.25) is 0 Å². The van der Waals surface area contributed by atoms with Crippen LogP contribution >= 0.6 is 0 Å². The molecule has 1 heterocycles. The van der Waals surface area contributed by atoms with Gasteiger partial charge in [0.2, 0.25) is 0 Å². The number of aliphatic hydroxyl groups excluding tert-OH is 1. The van der Waals surface area contributed by atoms with Gasteiger partial charge in [0, 0.05) is 12.7 Å². The van der Waals surface area contributed by atoms with Gasteiger partial charge in [-0.25, -0.2) is 8.78 Å². The zero-order valence-electron chi connectivity index (χ0n) is 8.43. The van der Waals surface area contributed by atoms with Crippen LogP contribution in [0.15, 0.2) is 6.20 Å². The van der Waals surface area contributed by atoms with E-state index in [1.807, 2.05) is 0 Å². The molecule has 8 heteroatoms. The Morgan fingerprint density at radius 3 is 2.29 bits per heavy atom. The summed E-state index contributed by atoms with van der Waals surface area (Å²) in [5.74, 6) is 0. The second-order valence-corrected chi connectivity index (χ2v) is 3.18. The fourth-order valence-corrected chi connectivity index (χ4v) is 1.44. The molecule has 0 bridgehead atoms. The van der Waals surface area contributed by atoms with Crippen LogP contribution in [0.5, 0.6) is 0 Å². The Labute approximate surface area is 93.1 Å². The van der Waals surface area contributed by atoms with E-state index in [0.717, 1.165) is 6.20 Å². The van der Waals surface area contributed by atoms with Crippen LogP contribution in [0, 0.1) is 0 Å². The van der Waals surface area contributed by atoms with Crippen molar-refractivity contribution < 1.29 is 27.1 Å². The molecule has 17 heavy (non-hydrogen) atoms. The molecular formula is C9H9F5N2O. The van der Waals surface area contributed by atoms with Crippen molar-refractivity contribution in [3.8, 4) is 0 Å². The highest BCUT2D eigenvalue weighted by molar-refractivity contribution is 5.38. The smallest absolute Gasteiger partial charge is 0.392 e. The summed E-state index contributed by atoms with van der Waals surface area (Å²) in [6.07, 6.45) is -7.56. The molecule has 0 saturated heterocycles. The molecule has 0 fully saturated rings. The first-order chi connectivity index (χ1) is 7.82. The summed E-state index contributed by atoms with van der Waals surface area (Å²) in [5, 5.41) is 8.87. The predicted molar refractivity (Wildman–Crippen MR) is 48.0 cm³/mol. The molecule has 3 N–H and O–H groups in total. The lowest BCUT2D eigenvalue weighted by atomic mass is 10.0. The van der Waals surface area contributed by atoms with E-state index in [-0.39, 0.29) is 12.1 Å². The number of alkyl halides is 5. The van der Waals surface area contributed by atoms with Crippen molar-refractivity contribution in [2.24, 2.45) is 5.73 Å². The first-order valence-electron chi connectivity index (χ1n) is 4.49. The number of aromatic nitrogens is 1. The molecule has 0 aromatic carbocycles. The summed E-state index contributed by atoms with van der Waals surface area (Å²) in [7, 11) is 0. The highest BCUT2D eigenvalue weighted by Gasteiger charge is 2.40. The van der Waals surface area contributed by atoms with Gasteiger partial charge in [-0.3, -0.25) is 4.98 Å². The van der Waals surface area contributed by atoms with Crippen LogP contribution in [-0.2, 0) is 19.3 Å². The Balaban J connectivity index is 3.56. The molecule has 0 aliphatic heterocycles. The first-order valence-corrected chi connectivity index (χ1v) is 4.49. The minimum absolute atomic E-state index is 0.107. The van der Waals surface area contributed by atoms with Gasteiger partial charge in [-0.2, -0.15) is 13.2 Å². The van der Waals surface area contributed by atoms with E-state index in [1.54, 1.807) is 0 Å². The first kappa shape index (κ1) is 13.8. The van der Waals surface area contributed by atoms with Gasteiger partial charge >= 0.3 is 6.18 Å². The standard InChI is InChI=1S/C9H9F5N2O/c10-8(11)7-6(9(12,13)14)5(3-17)4(1-15)2-16-7/h2,8,17H,1,3,15H2. The number of halogens is 5. The second kappa shape index (κ2) is 4.92. The van der Waals surface area contributed by atoms with Crippen LogP contribution in [0.3, 0.4) is 0 Å². The lowest BCUT2D eigenvalue weighted by Gasteiger charge is -2.17. The summed E-state index contributed by atoms with van der Waals surface area (Å²) < 4.78 is 62.8. The molecule has 0 spiro atoms. The number of pyridine rings is 1. The Hall–Kier alpha value is -1.28. The molecule has 0 unspecified atom stereocenters. The molecule has 0 radical (unpaired) electrons. The molecule has 0 aliphatic rings. The van der Waals surface area contributed by atoms with Gasteiger partial charge in [0.25, 0.3) is 6.43 Å². The number of nitrogens with two attached hydrogens (primary N) is 1. The summed E-state index contributed by atoms with van der Waals surface area (Å²) >= 11 is 0. The lowest BCUT2D eigenvalue weighted by Crippen LogP contribution is -2.18. The quantitative estimate of drug-likeness (QED) is 0.813. The van der Waals surface area contributed by atoms with E-state index in [9.17, 15) is 22.0 Å². The molecule has 1 aromatic rings. The van der Waals surface area contributed by atoms with E-state index in [4.69, 9.17) is 10.8 Å². The molecule has 0 amide bonds. The van der Waals surface area contributed by atoms with Gasteiger partial charge < -0.3 is 10.8 Å². The summed E-state index contributed by atoms with van der Waals surface area (Å²) in [6, 6.07) is 0. The average Bonchev–Trinajstić information content (AvgIpc) is 2.25. The minimum atomic E-state index is -5.01.